The van der Waals surface area contributed by atoms with Crippen molar-refractivity contribution in [3.05, 3.63) is 0 Å². The molecule has 0 aromatic rings. The molecule has 0 radical (unpaired) electrons. The molecule has 0 bridgehead atoms. The van der Waals surface area contributed by atoms with Gasteiger partial charge in [-0.25, -0.2) is 0 Å². The summed E-state index contributed by atoms with van der Waals surface area (Å²) in [6.07, 6.45) is 15.5. The van der Waals surface area contributed by atoms with E-state index in [0.717, 1.165) is 12.8 Å². The van der Waals surface area contributed by atoms with Crippen LogP contribution in [0.1, 0.15) is 96.8 Å². The summed E-state index contributed by atoms with van der Waals surface area (Å²) in [7, 11) is 0. The van der Waals surface area contributed by atoms with Gasteiger partial charge in [-0.15, -0.1) is 0 Å². The van der Waals surface area contributed by atoms with Gasteiger partial charge in [0.25, 0.3) is 0 Å². The minimum atomic E-state index is -1.05. The van der Waals surface area contributed by atoms with Gasteiger partial charge in [-0.3, -0.25) is 0 Å². The predicted molar refractivity (Wildman–Crippen MR) is 109 cm³/mol. The summed E-state index contributed by atoms with van der Waals surface area (Å²) < 4.78 is 11.0. The number of ether oxygens (including phenoxy) is 2. The van der Waals surface area contributed by atoms with Crippen molar-refractivity contribution in [1.82, 2.24) is 0 Å². The van der Waals surface area contributed by atoms with Crippen molar-refractivity contribution < 1.29 is 24.8 Å². The lowest BCUT2D eigenvalue weighted by Crippen LogP contribution is -2.41. The fourth-order valence-corrected chi connectivity index (χ4v) is 3.74. The van der Waals surface area contributed by atoms with E-state index in [9.17, 15) is 10.2 Å². The summed E-state index contributed by atoms with van der Waals surface area (Å²) in [6, 6.07) is 0. The Morgan fingerprint density at radius 1 is 0.852 bits per heavy atom. The second-order valence-corrected chi connectivity index (χ2v) is 8.04. The van der Waals surface area contributed by atoms with E-state index in [0.29, 0.717) is 6.61 Å². The molecule has 27 heavy (non-hydrogen) atoms. The van der Waals surface area contributed by atoms with Gasteiger partial charge in [0.15, 0.2) is 0 Å². The Hall–Kier alpha value is -0.200. The van der Waals surface area contributed by atoms with Gasteiger partial charge in [-0.1, -0.05) is 90.4 Å². The van der Waals surface area contributed by atoms with Crippen molar-refractivity contribution >= 4 is 0 Å². The number of aliphatic hydroxyl groups excluding tert-OH is 3. The second-order valence-electron chi connectivity index (χ2n) is 8.04. The Bertz CT molecular complexity index is 326. The molecule has 0 aromatic heterocycles. The van der Waals surface area contributed by atoms with E-state index < -0.39 is 31.0 Å². The minimum absolute atomic E-state index is 0.279. The highest BCUT2D eigenvalue weighted by atomic mass is 16.6. The van der Waals surface area contributed by atoms with E-state index in [-0.39, 0.29) is 6.61 Å². The van der Waals surface area contributed by atoms with Gasteiger partial charge in [0.1, 0.15) is 24.4 Å². The number of aliphatic hydroxyl groups is 3. The fraction of sp³-hybridized carbons (Fsp3) is 1.00. The summed E-state index contributed by atoms with van der Waals surface area (Å²) >= 11 is 0. The van der Waals surface area contributed by atoms with E-state index in [1.807, 2.05) is 0 Å². The molecule has 5 nitrogen and oxygen atoms in total. The van der Waals surface area contributed by atoms with Crippen molar-refractivity contribution in [2.75, 3.05) is 19.8 Å². The van der Waals surface area contributed by atoms with Crippen LogP contribution in [0.15, 0.2) is 0 Å². The van der Waals surface area contributed by atoms with Crippen molar-refractivity contribution in [3.63, 3.8) is 0 Å². The minimum Gasteiger partial charge on any atom is -0.394 e. The van der Waals surface area contributed by atoms with Crippen LogP contribution in [0.25, 0.3) is 0 Å². The monoisotopic (exact) mass is 388 g/mol. The van der Waals surface area contributed by atoms with Gasteiger partial charge < -0.3 is 24.8 Å². The molecule has 0 amide bonds. The second kappa shape index (κ2) is 16.7. The maximum absolute atomic E-state index is 10.0. The lowest BCUT2D eigenvalue weighted by atomic mass is 10.0. The summed E-state index contributed by atoms with van der Waals surface area (Å²) in [5, 5.41) is 28.5. The Morgan fingerprint density at radius 2 is 1.33 bits per heavy atom. The van der Waals surface area contributed by atoms with Crippen LogP contribution >= 0.6 is 0 Å². The Balaban J connectivity index is 1.82. The SMILES string of the molecule is CCCCCCCCCCCCCCCCO[C@H]1CO[C@H]([C@H](O)CO)[C@@H]1O. The summed E-state index contributed by atoms with van der Waals surface area (Å²) in [5.74, 6) is 0. The molecule has 1 saturated heterocycles. The van der Waals surface area contributed by atoms with Crippen LogP contribution in [0.2, 0.25) is 0 Å². The van der Waals surface area contributed by atoms with Crippen LogP contribution in [-0.2, 0) is 9.47 Å². The third-order valence-corrected chi connectivity index (χ3v) is 5.57. The molecule has 3 N–H and O–H groups in total. The number of unbranched alkanes of at least 4 members (excludes halogenated alkanes) is 13. The molecule has 0 saturated carbocycles. The summed E-state index contributed by atoms with van der Waals surface area (Å²) in [6.45, 7) is 2.75. The zero-order valence-corrected chi connectivity index (χ0v) is 17.5. The van der Waals surface area contributed by atoms with Gasteiger partial charge in [0.05, 0.1) is 13.2 Å². The first-order valence-corrected chi connectivity index (χ1v) is 11.4. The van der Waals surface area contributed by atoms with Crippen LogP contribution in [0.3, 0.4) is 0 Å². The Labute approximate surface area is 166 Å². The molecule has 5 heteroatoms. The summed E-state index contributed by atoms with van der Waals surface area (Å²) in [4.78, 5) is 0. The van der Waals surface area contributed by atoms with Gasteiger partial charge >= 0.3 is 0 Å². The molecule has 1 fully saturated rings. The largest absolute Gasteiger partial charge is 0.394 e. The van der Waals surface area contributed by atoms with E-state index >= 15 is 0 Å². The zero-order valence-electron chi connectivity index (χ0n) is 17.5. The highest BCUT2D eigenvalue weighted by molar-refractivity contribution is 4.88. The molecular formula is C22H44O5. The zero-order chi connectivity index (χ0) is 19.7. The van der Waals surface area contributed by atoms with Crippen molar-refractivity contribution in [2.24, 2.45) is 0 Å². The molecule has 4 atom stereocenters. The third kappa shape index (κ3) is 11.4. The molecule has 1 rings (SSSR count). The van der Waals surface area contributed by atoms with E-state index in [2.05, 4.69) is 6.92 Å². The van der Waals surface area contributed by atoms with E-state index in [1.54, 1.807) is 0 Å². The normalized spacial score (nSPS) is 23.8. The lowest BCUT2D eigenvalue weighted by Gasteiger charge is -2.20. The van der Waals surface area contributed by atoms with Crippen molar-refractivity contribution in [3.8, 4) is 0 Å². The van der Waals surface area contributed by atoms with Gasteiger partial charge in [0.2, 0.25) is 0 Å². The third-order valence-electron chi connectivity index (χ3n) is 5.57. The first-order chi connectivity index (χ1) is 13.2. The molecule has 0 spiro atoms. The van der Waals surface area contributed by atoms with Crippen LogP contribution in [0.4, 0.5) is 0 Å². The molecule has 1 aliphatic rings. The Kier molecular flexibility index (Phi) is 15.4. The highest BCUT2D eigenvalue weighted by Crippen LogP contribution is 2.20. The van der Waals surface area contributed by atoms with Gasteiger partial charge in [0, 0.05) is 6.61 Å². The number of rotatable bonds is 18. The smallest absolute Gasteiger partial charge is 0.114 e. The van der Waals surface area contributed by atoms with E-state index in [4.69, 9.17) is 14.6 Å². The summed E-state index contributed by atoms with van der Waals surface area (Å²) in [5.41, 5.74) is 0. The molecule has 1 heterocycles. The van der Waals surface area contributed by atoms with Gasteiger partial charge in [-0.05, 0) is 6.42 Å². The molecule has 1 aliphatic heterocycles. The maximum atomic E-state index is 10.0. The van der Waals surface area contributed by atoms with Gasteiger partial charge in [-0.2, -0.15) is 0 Å². The molecule has 0 aromatic carbocycles. The van der Waals surface area contributed by atoms with Crippen LogP contribution in [0, 0.1) is 0 Å². The van der Waals surface area contributed by atoms with Crippen LogP contribution < -0.4 is 0 Å². The van der Waals surface area contributed by atoms with Crippen LogP contribution in [0.5, 0.6) is 0 Å². The Morgan fingerprint density at radius 3 is 1.81 bits per heavy atom. The fourth-order valence-electron chi connectivity index (χ4n) is 3.74. The highest BCUT2D eigenvalue weighted by Gasteiger charge is 2.40. The molecule has 0 aliphatic carbocycles. The number of hydrogen-bond donors (Lipinski definition) is 3. The number of hydrogen-bond acceptors (Lipinski definition) is 5. The maximum Gasteiger partial charge on any atom is 0.114 e. The molecular weight excluding hydrogens is 344 g/mol. The quantitative estimate of drug-likeness (QED) is 0.310. The predicted octanol–water partition coefficient (Wildman–Crippen LogP) is 3.97. The van der Waals surface area contributed by atoms with Crippen molar-refractivity contribution in [1.29, 1.82) is 0 Å². The average Bonchev–Trinajstić information content (AvgIpc) is 3.04. The first kappa shape index (κ1) is 24.8. The van der Waals surface area contributed by atoms with Crippen LogP contribution in [-0.4, -0.2) is 59.6 Å². The molecule has 0 unspecified atom stereocenters. The standard InChI is InChI=1S/C22H44O5/c1-2-3-4-5-6-7-8-9-10-11-12-13-14-15-16-26-20-18-27-22(21(20)25)19(24)17-23/h19-25H,2-18H2,1H3/t19-,20+,21-,22-/m1/s1. The first-order valence-electron chi connectivity index (χ1n) is 11.4. The van der Waals surface area contributed by atoms with Crippen molar-refractivity contribution in [2.45, 2.75) is 121 Å². The van der Waals surface area contributed by atoms with E-state index in [1.165, 1.54) is 77.0 Å². The average molecular weight is 389 g/mol. The lowest BCUT2D eigenvalue weighted by molar-refractivity contribution is -0.0730. The molecule has 162 valence electrons. The topological polar surface area (TPSA) is 79.2 Å².